The number of amides is 3. The molecule has 1 atom stereocenters. The molecule has 0 saturated carbocycles. The summed E-state index contributed by atoms with van der Waals surface area (Å²) in [6.45, 7) is 5.46. The second-order valence-electron chi connectivity index (χ2n) is 8.04. The number of hydrogen-bond donors (Lipinski definition) is 2. The van der Waals surface area contributed by atoms with Gasteiger partial charge >= 0.3 is 0 Å². The number of nitrogens with zero attached hydrogens (tertiary/aromatic N) is 1. The number of furan rings is 1. The number of hydrogen-bond acceptors (Lipinski definition) is 5. The van der Waals surface area contributed by atoms with Gasteiger partial charge in [-0.15, -0.1) is 11.3 Å². The molecule has 0 aliphatic heterocycles. The van der Waals surface area contributed by atoms with E-state index in [1.807, 2.05) is 20.8 Å². The van der Waals surface area contributed by atoms with Crippen LogP contribution in [-0.4, -0.2) is 29.8 Å². The first-order valence-electron chi connectivity index (χ1n) is 10.5. The van der Waals surface area contributed by atoms with Crippen LogP contribution in [0.5, 0.6) is 0 Å². The number of nitrogens with one attached hydrogen (secondary N) is 2. The van der Waals surface area contributed by atoms with E-state index < -0.39 is 23.4 Å². The molecule has 0 spiro atoms. The number of carbonyl (C=O) groups is 3. The van der Waals surface area contributed by atoms with Gasteiger partial charge in [0.1, 0.15) is 5.76 Å². The van der Waals surface area contributed by atoms with E-state index >= 15 is 0 Å². The molecule has 2 N–H and O–H groups in total. The zero-order chi connectivity index (χ0) is 24.0. The first kappa shape index (κ1) is 24.5. The molecule has 9 heteroatoms. The minimum Gasteiger partial charge on any atom is -0.467 e. The molecule has 2 heterocycles. The Morgan fingerprint density at radius 3 is 2.42 bits per heavy atom. The standard InChI is InChI=1S/C24H26ClN3O4S/c1-4-24(2,3)27-23(31)21(18-7-5-13-32-18)28(17-11-9-16(25)10-12-17)20(29)15-26-22(30)19-8-6-14-33-19/h5-14,21H,4,15H2,1-3H3,(H,26,30)(H,27,31). The van der Waals surface area contributed by atoms with Crippen molar-refractivity contribution in [1.82, 2.24) is 10.6 Å². The largest absolute Gasteiger partial charge is 0.467 e. The van der Waals surface area contributed by atoms with Crippen LogP contribution in [-0.2, 0) is 9.59 Å². The van der Waals surface area contributed by atoms with Crippen LogP contribution in [0.4, 0.5) is 5.69 Å². The van der Waals surface area contributed by atoms with Crippen LogP contribution in [0.3, 0.4) is 0 Å². The molecule has 0 saturated heterocycles. The molecule has 174 valence electrons. The van der Waals surface area contributed by atoms with Crippen LogP contribution in [0.2, 0.25) is 5.02 Å². The van der Waals surface area contributed by atoms with Gasteiger partial charge in [0.2, 0.25) is 5.91 Å². The van der Waals surface area contributed by atoms with Gasteiger partial charge in [-0.3, -0.25) is 19.3 Å². The molecule has 0 fully saturated rings. The first-order chi connectivity index (χ1) is 15.7. The van der Waals surface area contributed by atoms with Gasteiger partial charge < -0.3 is 15.1 Å². The van der Waals surface area contributed by atoms with E-state index in [4.69, 9.17) is 16.0 Å². The number of benzene rings is 1. The van der Waals surface area contributed by atoms with Gasteiger partial charge in [0.05, 0.1) is 17.7 Å². The maximum atomic E-state index is 13.5. The van der Waals surface area contributed by atoms with Crippen molar-refractivity contribution < 1.29 is 18.8 Å². The zero-order valence-corrected chi connectivity index (χ0v) is 20.2. The summed E-state index contributed by atoms with van der Waals surface area (Å²) >= 11 is 7.32. The van der Waals surface area contributed by atoms with E-state index in [9.17, 15) is 14.4 Å². The zero-order valence-electron chi connectivity index (χ0n) is 18.6. The number of carbonyl (C=O) groups excluding carboxylic acids is 3. The smallest absolute Gasteiger partial charge is 0.261 e. The Labute approximate surface area is 201 Å². The molecule has 3 aromatic rings. The number of thiophene rings is 1. The molecule has 3 amide bonds. The maximum absolute atomic E-state index is 13.5. The van der Waals surface area contributed by atoms with Gasteiger partial charge in [-0.1, -0.05) is 24.6 Å². The van der Waals surface area contributed by atoms with Crippen LogP contribution < -0.4 is 15.5 Å². The van der Waals surface area contributed by atoms with E-state index in [1.54, 1.807) is 53.9 Å². The van der Waals surface area contributed by atoms with E-state index in [1.165, 1.54) is 22.5 Å². The molecule has 33 heavy (non-hydrogen) atoms. The summed E-state index contributed by atoms with van der Waals surface area (Å²) in [6.07, 6.45) is 2.14. The van der Waals surface area contributed by atoms with Crippen molar-refractivity contribution in [1.29, 1.82) is 0 Å². The Morgan fingerprint density at radius 2 is 1.85 bits per heavy atom. The topological polar surface area (TPSA) is 91.7 Å². The molecule has 0 bridgehead atoms. The van der Waals surface area contributed by atoms with Gasteiger partial charge in [-0.05, 0) is 68.1 Å². The van der Waals surface area contributed by atoms with Crippen molar-refractivity contribution in [3.8, 4) is 0 Å². The Hall–Kier alpha value is -3.10. The summed E-state index contributed by atoms with van der Waals surface area (Å²) < 4.78 is 5.56. The molecule has 1 unspecified atom stereocenters. The monoisotopic (exact) mass is 487 g/mol. The highest BCUT2D eigenvalue weighted by Crippen LogP contribution is 2.30. The van der Waals surface area contributed by atoms with Gasteiger partial charge in [-0.2, -0.15) is 0 Å². The number of anilines is 1. The normalized spacial score (nSPS) is 12.1. The fourth-order valence-electron chi connectivity index (χ4n) is 3.09. The Balaban J connectivity index is 1.96. The van der Waals surface area contributed by atoms with E-state index in [2.05, 4.69) is 10.6 Å². The second kappa shape index (κ2) is 10.7. The third-order valence-electron chi connectivity index (χ3n) is 5.18. The molecule has 3 rings (SSSR count). The molecule has 0 aliphatic carbocycles. The lowest BCUT2D eigenvalue weighted by atomic mass is 10.0. The van der Waals surface area contributed by atoms with Gasteiger partial charge in [-0.25, -0.2) is 0 Å². The van der Waals surface area contributed by atoms with Gasteiger partial charge in [0.15, 0.2) is 6.04 Å². The minimum absolute atomic E-state index is 0.298. The van der Waals surface area contributed by atoms with Crippen LogP contribution in [0.25, 0.3) is 0 Å². The third kappa shape index (κ3) is 6.24. The van der Waals surface area contributed by atoms with Gasteiger partial charge in [0, 0.05) is 16.2 Å². The van der Waals surface area contributed by atoms with Crippen LogP contribution in [0.1, 0.15) is 48.7 Å². The minimum atomic E-state index is -1.09. The highest BCUT2D eigenvalue weighted by Gasteiger charge is 2.36. The van der Waals surface area contributed by atoms with Crippen molar-refractivity contribution in [2.24, 2.45) is 0 Å². The van der Waals surface area contributed by atoms with Crippen molar-refractivity contribution >= 4 is 46.3 Å². The summed E-state index contributed by atoms with van der Waals surface area (Å²) in [4.78, 5) is 41.1. The maximum Gasteiger partial charge on any atom is 0.261 e. The molecule has 7 nitrogen and oxygen atoms in total. The second-order valence-corrected chi connectivity index (χ2v) is 9.43. The molecule has 0 aliphatic rings. The summed E-state index contributed by atoms with van der Waals surface area (Å²) in [5.74, 6) is -0.939. The summed E-state index contributed by atoms with van der Waals surface area (Å²) in [5, 5.41) is 7.90. The lowest BCUT2D eigenvalue weighted by Crippen LogP contribution is -2.52. The van der Waals surface area contributed by atoms with Crippen molar-refractivity contribution in [2.45, 2.75) is 38.8 Å². The van der Waals surface area contributed by atoms with Crippen LogP contribution in [0, 0.1) is 0 Å². The average molecular weight is 488 g/mol. The Bertz CT molecular complexity index is 1080. The quantitative estimate of drug-likeness (QED) is 0.453. The lowest BCUT2D eigenvalue weighted by Gasteiger charge is -2.33. The first-order valence-corrected chi connectivity index (χ1v) is 11.7. The highest BCUT2D eigenvalue weighted by molar-refractivity contribution is 7.12. The summed E-state index contributed by atoms with van der Waals surface area (Å²) in [7, 11) is 0. The van der Waals surface area contributed by atoms with Crippen LogP contribution >= 0.6 is 22.9 Å². The highest BCUT2D eigenvalue weighted by atomic mass is 35.5. The van der Waals surface area contributed by atoms with E-state index in [0.717, 1.165) is 0 Å². The predicted octanol–water partition coefficient (Wildman–Crippen LogP) is 4.80. The Morgan fingerprint density at radius 1 is 1.12 bits per heavy atom. The number of halogens is 1. The molecular formula is C24H26ClN3O4S. The molecule has 0 radical (unpaired) electrons. The fourth-order valence-corrected chi connectivity index (χ4v) is 3.85. The Kier molecular flexibility index (Phi) is 7.94. The SMILES string of the molecule is CCC(C)(C)NC(=O)C(c1ccco1)N(C(=O)CNC(=O)c1cccs1)c1ccc(Cl)cc1. The molecule has 1 aromatic carbocycles. The molecular weight excluding hydrogens is 462 g/mol. The summed E-state index contributed by atoms with van der Waals surface area (Å²) in [5.41, 5.74) is -0.0510. The van der Waals surface area contributed by atoms with Crippen molar-refractivity contribution in [2.75, 3.05) is 11.4 Å². The molecule has 2 aromatic heterocycles. The van der Waals surface area contributed by atoms with Gasteiger partial charge in [0.25, 0.3) is 11.8 Å². The number of rotatable bonds is 9. The van der Waals surface area contributed by atoms with Crippen molar-refractivity contribution in [3.63, 3.8) is 0 Å². The van der Waals surface area contributed by atoms with Crippen LogP contribution in [0.15, 0.2) is 64.6 Å². The van der Waals surface area contributed by atoms with E-state index in [-0.39, 0.29) is 12.5 Å². The average Bonchev–Trinajstić information content (AvgIpc) is 3.50. The van der Waals surface area contributed by atoms with E-state index in [0.29, 0.717) is 27.8 Å². The lowest BCUT2D eigenvalue weighted by molar-refractivity contribution is -0.128. The summed E-state index contributed by atoms with van der Waals surface area (Å²) in [6, 6.07) is 12.2. The fraction of sp³-hybridized carbons (Fsp3) is 0.292. The predicted molar refractivity (Wildman–Crippen MR) is 130 cm³/mol. The third-order valence-corrected chi connectivity index (χ3v) is 6.30. The van der Waals surface area contributed by atoms with Crippen molar-refractivity contribution in [3.05, 3.63) is 75.8 Å².